The van der Waals surface area contributed by atoms with Gasteiger partial charge >= 0.3 is 0 Å². The van der Waals surface area contributed by atoms with Crippen molar-refractivity contribution in [2.75, 3.05) is 26.9 Å². The summed E-state index contributed by atoms with van der Waals surface area (Å²) in [7, 11) is 0. The summed E-state index contributed by atoms with van der Waals surface area (Å²) in [6, 6.07) is 50.0. The highest BCUT2D eigenvalue weighted by Crippen LogP contribution is 2.57. The first kappa shape index (κ1) is 55.2. The third-order valence-electron chi connectivity index (χ3n) is 18.4. The molecular weight excluding hydrogens is 1050 g/mol. The van der Waals surface area contributed by atoms with Crippen LogP contribution >= 0.6 is 0 Å². The number of hydrogen-bond acceptors (Lipinski definition) is 12. The molecule has 12 nitrogen and oxygen atoms in total. The van der Waals surface area contributed by atoms with E-state index in [1.54, 1.807) is 0 Å². The number of fused-ring (bicyclic) bond motifs is 16. The molecule has 0 fully saturated rings. The lowest BCUT2D eigenvalue weighted by atomic mass is 9.75. The number of rotatable bonds is 12. The molecule has 0 saturated carbocycles. The molecular formula is C72H76N4O8. The van der Waals surface area contributed by atoms with Gasteiger partial charge in [-0.1, -0.05) is 149 Å². The molecule has 84 heavy (non-hydrogen) atoms. The van der Waals surface area contributed by atoms with E-state index in [1.807, 2.05) is 72.8 Å². The zero-order chi connectivity index (χ0) is 57.6. The zero-order valence-corrected chi connectivity index (χ0v) is 48.7. The van der Waals surface area contributed by atoms with Gasteiger partial charge in [0.25, 0.3) is 0 Å². The van der Waals surface area contributed by atoms with Crippen LogP contribution in [0.5, 0.6) is 46.0 Å². The van der Waals surface area contributed by atoms with Crippen LogP contribution in [0, 0.1) is 0 Å². The van der Waals surface area contributed by atoms with Gasteiger partial charge in [-0.3, -0.25) is 19.6 Å². The van der Waals surface area contributed by atoms with Gasteiger partial charge in [0.2, 0.25) is 0 Å². The summed E-state index contributed by atoms with van der Waals surface area (Å²) >= 11 is 0. The Hall–Kier alpha value is -8.00. The number of benzene rings is 8. The van der Waals surface area contributed by atoms with Gasteiger partial charge in [0.15, 0.2) is 0 Å². The lowest BCUT2D eigenvalue weighted by Crippen LogP contribution is -2.33. The molecule has 4 aliphatic heterocycles. The Morgan fingerprint density at radius 2 is 0.512 bits per heavy atom. The fourth-order valence-corrected chi connectivity index (χ4v) is 14.3. The average Bonchev–Trinajstić information content (AvgIpc) is 3.71. The van der Waals surface area contributed by atoms with Crippen LogP contribution in [-0.4, -0.2) is 66.9 Å². The topological polar surface area (TPSA) is 131 Å². The maximum Gasteiger partial charge on any atom is 0.142 e. The third kappa shape index (κ3) is 10.3. The monoisotopic (exact) mass is 1120 g/mol. The van der Waals surface area contributed by atoms with Crippen molar-refractivity contribution in [2.45, 2.75) is 129 Å². The van der Waals surface area contributed by atoms with Gasteiger partial charge < -0.3 is 39.4 Å². The second-order valence-corrected chi connectivity index (χ2v) is 23.7. The van der Waals surface area contributed by atoms with Crippen molar-refractivity contribution in [3.63, 3.8) is 0 Å². The Morgan fingerprint density at radius 1 is 0.310 bits per heavy atom. The van der Waals surface area contributed by atoms with E-state index in [0.717, 1.165) is 66.8 Å². The molecule has 5 aliphatic rings. The molecule has 0 aromatic heterocycles. The molecule has 0 radical (unpaired) electrons. The lowest BCUT2D eigenvalue weighted by molar-refractivity contribution is 0.0843. The van der Waals surface area contributed by atoms with Crippen molar-refractivity contribution < 1.29 is 39.4 Å². The van der Waals surface area contributed by atoms with Crippen molar-refractivity contribution in [3.05, 3.63) is 235 Å². The first-order valence-corrected chi connectivity index (χ1v) is 30.2. The Balaban J connectivity index is 1.07. The third-order valence-corrected chi connectivity index (χ3v) is 18.4. The highest BCUT2D eigenvalue weighted by atomic mass is 16.5. The maximum absolute atomic E-state index is 13.2. The Kier molecular flexibility index (Phi) is 15.5. The predicted molar refractivity (Wildman–Crippen MR) is 326 cm³/mol. The van der Waals surface area contributed by atoms with Gasteiger partial charge in [0.05, 0.1) is 22.3 Å². The van der Waals surface area contributed by atoms with Gasteiger partial charge in [0.1, 0.15) is 72.9 Å². The minimum absolute atomic E-state index is 0.170. The molecule has 0 amide bonds. The van der Waals surface area contributed by atoms with Crippen molar-refractivity contribution in [1.29, 1.82) is 0 Å². The standard InChI is InChI=1S/C72H76N4O8/c1-5-49-53-29-58(70-61(65(53)77)37-73(42-82-70)33-45-21-13-9-14-22-45)51(7-3)55-31-60(72-63(67(55)79)39-75(44-84-72)35-47-25-17-11-18-26-47)52(8-4)56-32-59(71-64(68(56)80)40-76(43-83-71)36-48-27-19-12-20-28-48)50(6-2)54-30-57(49)69-62(66(54)78)38-74(41-81-69)34-46-23-15-10-16-24-46/h9-32,49-52,77-80H,5-8,33-44H2,1-4H3. The predicted octanol–water partition coefficient (Wildman–Crippen LogP) is 14.4. The van der Waals surface area contributed by atoms with Crippen LogP contribution in [-0.2, 0) is 52.4 Å². The summed E-state index contributed by atoms with van der Waals surface area (Å²) in [5, 5.41) is 52.9. The first-order chi connectivity index (χ1) is 41.1. The van der Waals surface area contributed by atoms with Gasteiger partial charge in [-0.2, -0.15) is 0 Å². The SMILES string of the molecule is CCC1c2cc(c3c(c2O)CN(Cc2ccccc2)CO3)C(CC)c2cc(c3c(c2O)CN(Cc2ccccc2)CO3)C(CC)c2cc(c3c(c2O)CN(Cc2ccccc2)CO3)C(CC)c2cc1c1c(c2O)CN(Cc2ccccc2)CO1. The minimum atomic E-state index is -0.417. The smallest absolute Gasteiger partial charge is 0.142 e. The lowest BCUT2D eigenvalue weighted by Gasteiger charge is -2.38. The Morgan fingerprint density at radius 3 is 0.702 bits per heavy atom. The number of aromatic hydroxyl groups is 4. The van der Waals surface area contributed by atoms with Gasteiger partial charge in [-0.15, -0.1) is 0 Å². The van der Waals surface area contributed by atoms with Crippen LogP contribution in [0.1, 0.15) is 166 Å². The Bertz CT molecular complexity index is 3210. The summed E-state index contributed by atoms with van der Waals surface area (Å²) in [4.78, 5) is 8.88. The molecule has 8 aromatic carbocycles. The quantitative estimate of drug-likeness (QED) is 0.0929. The summed E-state index contributed by atoms with van der Waals surface area (Å²) in [5.41, 5.74) is 13.8. The minimum Gasteiger partial charge on any atom is -0.507 e. The van der Waals surface area contributed by atoms with Crippen LogP contribution in [0.2, 0.25) is 0 Å². The summed E-state index contributed by atoms with van der Waals surface area (Å²) < 4.78 is 27.9. The molecule has 1 aliphatic carbocycles. The summed E-state index contributed by atoms with van der Waals surface area (Å²) in [5.74, 6) is 1.51. The molecule has 432 valence electrons. The summed E-state index contributed by atoms with van der Waals surface area (Å²) in [6.45, 7) is 14.0. The molecule has 4 N–H and O–H groups in total. The van der Waals surface area contributed by atoms with E-state index in [0.29, 0.717) is 150 Å². The molecule has 13 rings (SSSR count). The van der Waals surface area contributed by atoms with E-state index in [4.69, 9.17) is 18.9 Å². The number of hydrogen-bond donors (Lipinski definition) is 4. The number of ether oxygens (including phenoxy) is 4. The first-order valence-electron chi connectivity index (χ1n) is 30.2. The second-order valence-electron chi connectivity index (χ2n) is 23.7. The van der Waals surface area contributed by atoms with Crippen molar-refractivity contribution in [2.24, 2.45) is 0 Å². The van der Waals surface area contributed by atoms with Gasteiger partial charge in [-0.05, 0) is 72.2 Å². The van der Waals surface area contributed by atoms with E-state index in [2.05, 4.69) is 120 Å². The fourth-order valence-electron chi connectivity index (χ4n) is 14.3. The van der Waals surface area contributed by atoms with Crippen LogP contribution in [0.15, 0.2) is 146 Å². The Labute approximate surface area is 493 Å². The van der Waals surface area contributed by atoms with Gasteiger partial charge in [0, 0.05) is 121 Å². The molecule has 4 atom stereocenters. The van der Waals surface area contributed by atoms with E-state index in [1.165, 1.54) is 0 Å². The van der Waals surface area contributed by atoms with Crippen LogP contribution in [0.25, 0.3) is 0 Å². The number of phenolic OH excluding ortho intramolecular Hbond substituents is 4. The largest absolute Gasteiger partial charge is 0.507 e. The van der Waals surface area contributed by atoms with E-state index < -0.39 is 23.7 Å². The molecule has 4 heterocycles. The average molecular weight is 1130 g/mol. The summed E-state index contributed by atoms with van der Waals surface area (Å²) in [6.07, 6.45) is 2.34. The van der Waals surface area contributed by atoms with Crippen molar-refractivity contribution >= 4 is 0 Å². The molecule has 0 saturated heterocycles. The highest BCUT2D eigenvalue weighted by molar-refractivity contribution is 5.69. The zero-order valence-electron chi connectivity index (χ0n) is 48.7. The fraction of sp³-hybridized carbons (Fsp3) is 0.333. The molecule has 8 aromatic rings. The van der Waals surface area contributed by atoms with Crippen molar-refractivity contribution in [1.82, 2.24) is 19.6 Å². The van der Waals surface area contributed by atoms with E-state index >= 15 is 0 Å². The maximum atomic E-state index is 13.2. The number of nitrogens with zero attached hydrogens (tertiary/aromatic N) is 4. The molecule has 4 unspecified atom stereocenters. The second kappa shape index (κ2) is 23.6. The van der Waals surface area contributed by atoms with Crippen LogP contribution in [0.3, 0.4) is 0 Å². The van der Waals surface area contributed by atoms with Crippen LogP contribution in [0.4, 0.5) is 0 Å². The van der Waals surface area contributed by atoms with Crippen LogP contribution < -0.4 is 18.9 Å². The van der Waals surface area contributed by atoms with E-state index in [-0.39, 0.29) is 23.0 Å². The molecule has 0 spiro atoms. The normalized spacial score (nSPS) is 19.6. The molecule has 12 heteroatoms. The van der Waals surface area contributed by atoms with Gasteiger partial charge in [-0.25, -0.2) is 0 Å². The highest BCUT2D eigenvalue weighted by Gasteiger charge is 2.41. The van der Waals surface area contributed by atoms with E-state index in [9.17, 15) is 20.4 Å². The van der Waals surface area contributed by atoms with Crippen molar-refractivity contribution in [3.8, 4) is 46.0 Å². The molecule has 8 bridgehead atoms. The number of phenols is 4.